The highest BCUT2D eigenvalue weighted by molar-refractivity contribution is 9.10. The molecule has 0 radical (unpaired) electrons. The Hall–Kier alpha value is -2.02. The van der Waals surface area contributed by atoms with Crippen LogP contribution in [0.25, 0.3) is 0 Å². The van der Waals surface area contributed by atoms with Crippen LogP contribution in [0.15, 0.2) is 50.7 Å². The number of primary sulfonamides is 1. The Bertz CT molecular complexity index is 1090. The van der Waals surface area contributed by atoms with Crippen molar-refractivity contribution in [3.8, 4) is 5.75 Å². The number of carbonyl (C=O) groups excluding carboxylic acids is 1. The van der Waals surface area contributed by atoms with Gasteiger partial charge in [-0.25, -0.2) is 31.1 Å². The standard InChI is InChI=1S/C14H12BrFN2O6S2/c1-24-13-9(15)7-6-8(12(13)16)14(19)18-26(22,23)11-5-3-2-4-10(11)25(17,20)21/h2-7H,1H3,(H,18,19)(H2,17,20,21). The lowest BCUT2D eigenvalue weighted by Gasteiger charge is -2.12. The fourth-order valence-corrected chi connectivity index (χ4v) is 4.85. The van der Waals surface area contributed by atoms with Crippen molar-refractivity contribution in [1.29, 1.82) is 0 Å². The van der Waals surface area contributed by atoms with Crippen molar-refractivity contribution >= 4 is 41.9 Å². The van der Waals surface area contributed by atoms with E-state index in [4.69, 9.17) is 9.88 Å². The second kappa shape index (κ2) is 7.31. The van der Waals surface area contributed by atoms with Crippen molar-refractivity contribution in [1.82, 2.24) is 4.72 Å². The van der Waals surface area contributed by atoms with E-state index in [1.54, 1.807) is 4.72 Å². The smallest absolute Gasteiger partial charge is 0.268 e. The summed E-state index contributed by atoms with van der Waals surface area (Å²) in [5.74, 6) is -2.69. The first kappa shape index (κ1) is 20.3. The van der Waals surface area contributed by atoms with Gasteiger partial charge in [0, 0.05) is 0 Å². The summed E-state index contributed by atoms with van der Waals surface area (Å²) in [5.41, 5.74) is -0.610. The minimum atomic E-state index is -4.65. The molecule has 0 spiro atoms. The van der Waals surface area contributed by atoms with Crippen LogP contribution in [0.4, 0.5) is 4.39 Å². The zero-order valence-electron chi connectivity index (χ0n) is 13.1. The van der Waals surface area contributed by atoms with Gasteiger partial charge in [-0.15, -0.1) is 0 Å². The summed E-state index contributed by atoms with van der Waals surface area (Å²) in [5, 5.41) is 4.99. The lowest BCUT2D eigenvalue weighted by atomic mass is 10.2. The summed E-state index contributed by atoms with van der Waals surface area (Å²) >= 11 is 3.02. The number of ether oxygens (including phenoxy) is 1. The Morgan fingerprint density at radius 1 is 1.12 bits per heavy atom. The van der Waals surface area contributed by atoms with Gasteiger partial charge in [-0.1, -0.05) is 12.1 Å². The average molecular weight is 467 g/mol. The van der Waals surface area contributed by atoms with Crippen LogP contribution in [0, 0.1) is 5.82 Å². The van der Waals surface area contributed by atoms with Crippen LogP contribution in [0.5, 0.6) is 5.75 Å². The molecule has 12 heteroatoms. The molecule has 3 N–H and O–H groups in total. The van der Waals surface area contributed by atoms with E-state index in [0.29, 0.717) is 0 Å². The largest absolute Gasteiger partial charge is 0.492 e. The number of nitrogens with two attached hydrogens (primary N) is 1. The van der Waals surface area contributed by atoms with Crippen LogP contribution in [0.2, 0.25) is 0 Å². The highest BCUT2D eigenvalue weighted by Gasteiger charge is 2.28. The molecule has 0 atom stereocenters. The molecule has 2 rings (SSSR count). The Morgan fingerprint density at radius 2 is 1.69 bits per heavy atom. The second-order valence-corrected chi connectivity index (χ2v) is 8.90. The first-order valence-corrected chi connectivity index (χ1v) is 10.5. The number of nitrogens with one attached hydrogen (secondary N) is 1. The minimum absolute atomic E-state index is 0.219. The van der Waals surface area contributed by atoms with Crippen LogP contribution < -0.4 is 14.6 Å². The van der Waals surface area contributed by atoms with Crippen LogP contribution in [-0.4, -0.2) is 29.9 Å². The summed E-state index contributed by atoms with van der Waals surface area (Å²) in [7, 11) is -7.85. The van der Waals surface area contributed by atoms with Crippen LogP contribution in [0.3, 0.4) is 0 Å². The van der Waals surface area contributed by atoms with Gasteiger partial charge in [0.1, 0.15) is 9.79 Å². The fraction of sp³-hybridized carbons (Fsp3) is 0.0714. The van der Waals surface area contributed by atoms with E-state index in [0.717, 1.165) is 18.2 Å². The molecule has 0 aromatic heterocycles. The molecule has 2 aromatic rings. The van der Waals surface area contributed by atoms with E-state index in [9.17, 15) is 26.0 Å². The maximum absolute atomic E-state index is 14.3. The van der Waals surface area contributed by atoms with E-state index in [1.807, 2.05) is 0 Å². The van der Waals surface area contributed by atoms with Crippen LogP contribution in [0.1, 0.15) is 10.4 Å². The molecule has 140 valence electrons. The fourth-order valence-electron chi connectivity index (χ4n) is 2.03. The molecule has 0 aliphatic rings. The van der Waals surface area contributed by atoms with E-state index in [2.05, 4.69) is 15.9 Å². The highest BCUT2D eigenvalue weighted by Crippen LogP contribution is 2.30. The summed E-state index contributed by atoms with van der Waals surface area (Å²) in [6, 6.07) is 6.77. The normalized spacial score (nSPS) is 11.8. The number of halogens is 2. The Labute approximate surface area is 157 Å². The van der Waals surface area contributed by atoms with Gasteiger partial charge in [0.2, 0.25) is 10.0 Å². The number of hydrogen-bond donors (Lipinski definition) is 2. The molecular formula is C14H12BrFN2O6S2. The van der Waals surface area contributed by atoms with E-state index >= 15 is 0 Å². The van der Waals surface area contributed by atoms with Crippen molar-refractivity contribution in [2.24, 2.45) is 5.14 Å². The summed E-state index contributed by atoms with van der Waals surface area (Å²) in [4.78, 5) is 10.8. The van der Waals surface area contributed by atoms with Crippen LogP contribution in [-0.2, 0) is 20.0 Å². The van der Waals surface area contributed by atoms with Crippen molar-refractivity contribution in [2.75, 3.05) is 7.11 Å². The maximum atomic E-state index is 14.3. The number of benzene rings is 2. The molecule has 2 aromatic carbocycles. The lowest BCUT2D eigenvalue weighted by Crippen LogP contribution is -2.32. The summed E-state index contributed by atoms with van der Waals surface area (Å²) < 4.78 is 68.8. The van der Waals surface area contributed by atoms with Crippen molar-refractivity contribution < 1.29 is 30.8 Å². The molecule has 0 fully saturated rings. The molecule has 0 heterocycles. The Balaban J connectivity index is 2.48. The highest BCUT2D eigenvalue weighted by atomic mass is 79.9. The molecule has 0 aliphatic carbocycles. The molecule has 0 saturated heterocycles. The average Bonchev–Trinajstić information content (AvgIpc) is 2.54. The Morgan fingerprint density at radius 3 is 2.23 bits per heavy atom. The third-order valence-electron chi connectivity index (χ3n) is 3.17. The minimum Gasteiger partial charge on any atom is -0.492 e. The monoisotopic (exact) mass is 466 g/mol. The predicted octanol–water partition coefficient (Wildman–Crippen LogP) is 1.36. The number of sulfonamides is 2. The molecule has 26 heavy (non-hydrogen) atoms. The Kier molecular flexibility index (Phi) is 5.70. The number of amides is 1. The first-order chi connectivity index (χ1) is 12.0. The SMILES string of the molecule is COc1c(Br)ccc(C(=O)NS(=O)(=O)c2ccccc2S(N)(=O)=O)c1F. The van der Waals surface area contributed by atoms with Crippen LogP contribution >= 0.6 is 15.9 Å². The van der Waals surface area contributed by atoms with Gasteiger partial charge in [-0.05, 0) is 40.2 Å². The second-order valence-electron chi connectivity index (χ2n) is 4.87. The van der Waals surface area contributed by atoms with E-state index < -0.39 is 47.1 Å². The first-order valence-electron chi connectivity index (χ1n) is 6.70. The quantitative estimate of drug-likeness (QED) is 0.683. The van der Waals surface area contributed by atoms with Gasteiger partial charge < -0.3 is 4.74 Å². The number of methoxy groups -OCH3 is 1. The molecule has 0 unspecified atom stereocenters. The maximum Gasteiger partial charge on any atom is 0.268 e. The van der Waals surface area contributed by atoms with Gasteiger partial charge in [0.05, 0.1) is 17.1 Å². The molecule has 1 amide bonds. The lowest BCUT2D eigenvalue weighted by molar-refractivity contribution is 0.0976. The van der Waals surface area contributed by atoms with Crippen molar-refractivity contribution in [3.63, 3.8) is 0 Å². The van der Waals surface area contributed by atoms with Gasteiger partial charge >= 0.3 is 0 Å². The van der Waals surface area contributed by atoms with Crippen molar-refractivity contribution in [3.05, 3.63) is 52.3 Å². The predicted molar refractivity (Wildman–Crippen MR) is 93.1 cm³/mol. The number of hydrogen-bond acceptors (Lipinski definition) is 6. The number of rotatable bonds is 5. The molecular weight excluding hydrogens is 455 g/mol. The van der Waals surface area contributed by atoms with E-state index in [1.165, 1.54) is 25.3 Å². The van der Waals surface area contributed by atoms with Gasteiger partial charge in [0.15, 0.2) is 11.6 Å². The zero-order chi connectivity index (χ0) is 19.7. The number of carbonyl (C=O) groups is 1. The van der Waals surface area contributed by atoms with Gasteiger partial charge in [-0.2, -0.15) is 0 Å². The summed E-state index contributed by atoms with van der Waals surface area (Å²) in [6.45, 7) is 0. The zero-order valence-corrected chi connectivity index (χ0v) is 16.3. The third kappa shape index (κ3) is 4.03. The molecule has 8 nitrogen and oxygen atoms in total. The molecule has 0 aliphatic heterocycles. The molecule has 0 bridgehead atoms. The summed E-state index contributed by atoms with van der Waals surface area (Å²) in [6.07, 6.45) is 0. The molecule has 0 saturated carbocycles. The van der Waals surface area contributed by atoms with Crippen molar-refractivity contribution in [2.45, 2.75) is 9.79 Å². The third-order valence-corrected chi connectivity index (χ3v) is 6.28. The van der Waals surface area contributed by atoms with E-state index in [-0.39, 0.29) is 10.2 Å². The topological polar surface area (TPSA) is 133 Å². The van der Waals surface area contributed by atoms with Gasteiger partial charge in [-0.3, -0.25) is 4.79 Å². The van der Waals surface area contributed by atoms with Gasteiger partial charge in [0.25, 0.3) is 15.9 Å².